The quantitative estimate of drug-likeness (QED) is 0.812. The van der Waals surface area contributed by atoms with E-state index >= 15 is 0 Å². The highest BCUT2D eigenvalue weighted by Gasteiger charge is 2.41. The number of benzene rings is 1. The lowest BCUT2D eigenvalue weighted by Crippen LogP contribution is -2.36. The van der Waals surface area contributed by atoms with Crippen LogP contribution < -0.4 is 10.1 Å². The molecule has 1 aliphatic rings. The van der Waals surface area contributed by atoms with E-state index in [2.05, 4.69) is 10.1 Å². The van der Waals surface area contributed by atoms with Gasteiger partial charge in [0.1, 0.15) is 5.75 Å². The molecule has 1 aromatic rings. The molecule has 6 heteroatoms. The lowest BCUT2D eigenvalue weighted by atomic mass is 10.0. The van der Waals surface area contributed by atoms with Crippen LogP contribution in [0.5, 0.6) is 5.75 Å². The predicted octanol–water partition coefficient (Wildman–Crippen LogP) is 1.02. The summed E-state index contributed by atoms with van der Waals surface area (Å²) in [6.07, 6.45) is -1.32. The number of carbonyl (C=O) groups is 2. The molecule has 0 aliphatic carbocycles. The van der Waals surface area contributed by atoms with Gasteiger partial charge in [0.25, 0.3) is 0 Å². The molecule has 1 unspecified atom stereocenters. The van der Waals surface area contributed by atoms with Gasteiger partial charge in [0.15, 0.2) is 12.1 Å². The minimum atomic E-state index is -0.823. The highest BCUT2D eigenvalue weighted by atomic mass is 16.6. The van der Waals surface area contributed by atoms with E-state index in [0.29, 0.717) is 11.3 Å². The van der Waals surface area contributed by atoms with Gasteiger partial charge in [-0.15, -0.1) is 0 Å². The fourth-order valence-corrected chi connectivity index (χ4v) is 1.78. The largest absolute Gasteiger partial charge is 0.497 e. The monoisotopic (exact) mass is 251 g/mol. The van der Waals surface area contributed by atoms with Crippen LogP contribution in [0.25, 0.3) is 0 Å². The van der Waals surface area contributed by atoms with Gasteiger partial charge in [-0.2, -0.15) is 0 Å². The van der Waals surface area contributed by atoms with Crippen LogP contribution in [0.2, 0.25) is 0 Å². The number of rotatable bonds is 3. The predicted molar refractivity (Wildman–Crippen MR) is 61.2 cm³/mol. The van der Waals surface area contributed by atoms with Crippen LogP contribution in [0.4, 0.5) is 4.79 Å². The summed E-state index contributed by atoms with van der Waals surface area (Å²) in [6.45, 7) is 0. The number of cyclic esters (lactones) is 1. The third-order valence-electron chi connectivity index (χ3n) is 2.71. The van der Waals surface area contributed by atoms with Crippen molar-refractivity contribution in [1.82, 2.24) is 5.32 Å². The van der Waals surface area contributed by atoms with Gasteiger partial charge in [-0.05, 0) is 17.7 Å². The molecule has 0 radical (unpaired) electrons. The molecule has 1 amide bonds. The molecule has 0 saturated carbocycles. The highest BCUT2D eigenvalue weighted by Crippen LogP contribution is 2.28. The molecule has 1 heterocycles. The molecule has 1 aromatic carbocycles. The number of amides is 1. The number of carbonyl (C=O) groups excluding carboxylic acids is 2. The van der Waals surface area contributed by atoms with Crippen LogP contribution in [-0.4, -0.2) is 32.3 Å². The molecule has 1 saturated heterocycles. The lowest BCUT2D eigenvalue weighted by molar-refractivity contribution is -0.144. The summed E-state index contributed by atoms with van der Waals surface area (Å²) in [7, 11) is 2.82. The van der Waals surface area contributed by atoms with E-state index in [1.54, 1.807) is 31.4 Å². The van der Waals surface area contributed by atoms with Crippen molar-refractivity contribution in [1.29, 1.82) is 0 Å². The molecule has 0 spiro atoms. The summed E-state index contributed by atoms with van der Waals surface area (Å²) in [4.78, 5) is 22.7. The molecule has 6 nitrogen and oxygen atoms in total. The van der Waals surface area contributed by atoms with Crippen LogP contribution in [0.15, 0.2) is 24.3 Å². The van der Waals surface area contributed by atoms with E-state index in [-0.39, 0.29) is 0 Å². The number of alkyl carbamates (subject to hydrolysis) is 1. The maximum atomic E-state index is 11.5. The number of methoxy groups -OCH3 is 2. The zero-order valence-corrected chi connectivity index (χ0v) is 10.0. The first-order valence-electron chi connectivity index (χ1n) is 5.34. The first-order valence-corrected chi connectivity index (χ1v) is 5.34. The Morgan fingerprint density at radius 3 is 2.50 bits per heavy atom. The standard InChI is InChI=1S/C12H13NO5/c1-16-8-5-3-7(4-6-8)10-9(11(14)17-2)13-12(15)18-10/h3-6,9-10H,1-2H3,(H,13,15)/t9-,10?/m0/s1. The van der Waals surface area contributed by atoms with Gasteiger partial charge in [-0.1, -0.05) is 12.1 Å². The van der Waals surface area contributed by atoms with Crippen LogP contribution in [0.3, 0.4) is 0 Å². The van der Waals surface area contributed by atoms with Crippen molar-refractivity contribution < 1.29 is 23.8 Å². The number of nitrogens with one attached hydrogen (secondary N) is 1. The molecule has 2 rings (SSSR count). The summed E-state index contributed by atoms with van der Waals surface area (Å²) in [5.74, 6) is 0.146. The zero-order chi connectivity index (χ0) is 13.1. The molecular weight excluding hydrogens is 238 g/mol. The van der Waals surface area contributed by atoms with Crippen LogP contribution in [-0.2, 0) is 14.3 Å². The van der Waals surface area contributed by atoms with Crippen molar-refractivity contribution in [2.45, 2.75) is 12.1 Å². The summed E-state index contributed by atoms with van der Waals surface area (Å²) in [5, 5.41) is 2.41. The van der Waals surface area contributed by atoms with Crippen LogP contribution >= 0.6 is 0 Å². The first kappa shape index (κ1) is 12.2. The van der Waals surface area contributed by atoms with Gasteiger partial charge in [0.05, 0.1) is 14.2 Å². The van der Waals surface area contributed by atoms with Crippen molar-refractivity contribution in [3.63, 3.8) is 0 Å². The fourth-order valence-electron chi connectivity index (χ4n) is 1.78. The summed E-state index contributed by atoms with van der Waals surface area (Å²) < 4.78 is 14.7. The molecule has 1 N–H and O–H groups in total. The Hall–Kier alpha value is -2.24. The normalized spacial score (nSPS) is 22.0. The Labute approximate surface area is 104 Å². The number of esters is 1. The second-order valence-corrected chi connectivity index (χ2v) is 3.74. The number of hydrogen-bond donors (Lipinski definition) is 1. The molecule has 0 bridgehead atoms. The van der Waals surface area contributed by atoms with E-state index in [1.165, 1.54) is 7.11 Å². The molecule has 1 fully saturated rings. The fraction of sp³-hybridized carbons (Fsp3) is 0.333. The van der Waals surface area contributed by atoms with Crippen molar-refractivity contribution in [3.05, 3.63) is 29.8 Å². The molecule has 1 aliphatic heterocycles. The zero-order valence-electron chi connectivity index (χ0n) is 10.0. The van der Waals surface area contributed by atoms with Gasteiger partial charge < -0.3 is 19.5 Å². The molecule has 2 atom stereocenters. The Morgan fingerprint density at radius 1 is 1.28 bits per heavy atom. The topological polar surface area (TPSA) is 73.9 Å². The van der Waals surface area contributed by atoms with Crippen molar-refractivity contribution in [2.75, 3.05) is 14.2 Å². The average molecular weight is 251 g/mol. The second kappa shape index (κ2) is 4.95. The molecule has 96 valence electrons. The number of ether oxygens (including phenoxy) is 3. The minimum Gasteiger partial charge on any atom is -0.497 e. The average Bonchev–Trinajstić information content (AvgIpc) is 2.80. The minimum absolute atomic E-state index is 0.540. The van der Waals surface area contributed by atoms with E-state index in [4.69, 9.17) is 9.47 Å². The van der Waals surface area contributed by atoms with Crippen LogP contribution in [0, 0.1) is 0 Å². The van der Waals surface area contributed by atoms with Gasteiger partial charge >= 0.3 is 12.1 Å². The van der Waals surface area contributed by atoms with E-state index in [9.17, 15) is 9.59 Å². The van der Waals surface area contributed by atoms with Crippen molar-refractivity contribution in [2.24, 2.45) is 0 Å². The van der Waals surface area contributed by atoms with Gasteiger partial charge in [-0.25, -0.2) is 9.59 Å². The van der Waals surface area contributed by atoms with Gasteiger partial charge in [0, 0.05) is 0 Å². The maximum Gasteiger partial charge on any atom is 0.408 e. The maximum absolute atomic E-state index is 11.5. The number of hydrogen-bond acceptors (Lipinski definition) is 5. The second-order valence-electron chi connectivity index (χ2n) is 3.74. The Balaban J connectivity index is 2.23. The van der Waals surface area contributed by atoms with E-state index in [0.717, 1.165) is 0 Å². The molecular formula is C12H13NO5. The summed E-state index contributed by atoms with van der Waals surface area (Å²) in [6, 6.07) is 6.11. The Bertz CT molecular complexity index is 456. The first-order chi connectivity index (χ1) is 8.65. The lowest BCUT2D eigenvalue weighted by Gasteiger charge is -2.15. The van der Waals surface area contributed by atoms with E-state index < -0.39 is 24.2 Å². The van der Waals surface area contributed by atoms with Crippen LogP contribution in [0.1, 0.15) is 11.7 Å². The third-order valence-corrected chi connectivity index (χ3v) is 2.71. The smallest absolute Gasteiger partial charge is 0.408 e. The van der Waals surface area contributed by atoms with Gasteiger partial charge in [-0.3, -0.25) is 0 Å². The molecule has 18 heavy (non-hydrogen) atoms. The Morgan fingerprint density at radius 2 is 1.94 bits per heavy atom. The van der Waals surface area contributed by atoms with E-state index in [1.807, 2.05) is 0 Å². The highest BCUT2D eigenvalue weighted by molar-refractivity contribution is 5.85. The Kier molecular flexibility index (Phi) is 3.36. The SMILES string of the molecule is COC(=O)[C@H]1NC(=O)OC1c1ccc(OC)cc1. The third kappa shape index (κ3) is 2.22. The van der Waals surface area contributed by atoms with Gasteiger partial charge in [0.2, 0.25) is 0 Å². The summed E-state index contributed by atoms with van der Waals surface area (Å²) >= 11 is 0. The van der Waals surface area contributed by atoms with Crippen molar-refractivity contribution >= 4 is 12.1 Å². The van der Waals surface area contributed by atoms with Crippen molar-refractivity contribution in [3.8, 4) is 5.75 Å². The molecule has 0 aromatic heterocycles. The summed E-state index contributed by atoms with van der Waals surface area (Å²) in [5.41, 5.74) is 0.699.